The molecule has 14 nitrogen and oxygen atoms in total. The quantitative estimate of drug-likeness (QED) is 0.143. The number of aliphatic hydroxyl groups excluding tert-OH is 6. The summed E-state index contributed by atoms with van der Waals surface area (Å²) in [6.07, 6.45) is -8.91. The second-order valence-electron chi connectivity index (χ2n) is 20.8. The van der Waals surface area contributed by atoms with Crippen LogP contribution in [0, 0.1) is 50.2 Å². The van der Waals surface area contributed by atoms with Crippen molar-refractivity contribution in [2.24, 2.45) is 50.2 Å². The molecule has 0 radical (unpaired) electrons. The van der Waals surface area contributed by atoms with Crippen LogP contribution >= 0.6 is 0 Å². The second-order valence-corrected chi connectivity index (χ2v) is 20.8. The molecule has 14 heteroatoms. The van der Waals surface area contributed by atoms with Crippen molar-refractivity contribution in [2.45, 2.75) is 187 Å². The van der Waals surface area contributed by atoms with Crippen molar-refractivity contribution in [3.8, 4) is 0 Å². The van der Waals surface area contributed by atoms with Crippen LogP contribution in [0.4, 0.5) is 0 Å². The molecule has 19 atom stereocenters. The van der Waals surface area contributed by atoms with E-state index in [-0.39, 0.29) is 34.0 Å². The Morgan fingerprint density at radius 3 is 2.02 bits per heavy atom. The lowest BCUT2D eigenvalue weighted by Crippen LogP contribution is -2.68. The Balaban J connectivity index is 1.11. The minimum absolute atomic E-state index is 0.0324. The number of aliphatic carboxylic acids is 2. The highest BCUT2D eigenvalue weighted by atomic mass is 16.7. The Hall–Kier alpha value is -1.72. The Kier molecular flexibility index (Phi) is 10.5. The van der Waals surface area contributed by atoms with Crippen molar-refractivity contribution in [3.63, 3.8) is 0 Å². The lowest BCUT2D eigenvalue weighted by atomic mass is 9.33. The Bertz CT molecular complexity index is 1580. The number of carboxylic acids is 2. The summed E-state index contributed by atoms with van der Waals surface area (Å²) in [4.78, 5) is 25.6. The van der Waals surface area contributed by atoms with Crippen LogP contribution in [-0.2, 0) is 28.5 Å². The van der Waals surface area contributed by atoms with Gasteiger partial charge in [-0.3, -0.25) is 4.79 Å². The van der Waals surface area contributed by atoms with E-state index in [0.29, 0.717) is 19.3 Å². The number of hydrogen-bond donors (Lipinski definition) is 8. The van der Waals surface area contributed by atoms with Crippen LogP contribution in [0.5, 0.6) is 0 Å². The predicted octanol–water partition coefficient (Wildman–Crippen LogP) is 2.97. The number of ether oxygens (including phenoxy) is 4. The predicted molar refractivity (Wildman–Crippen MR) is 198 cm³/mol. The first-order valence-electron chi connectivity index (χ1n) is 20.7. The molecule has 0 aromatic carbocycles. The van der Waals surface area contributed by atoms with Gasteiger partial charge < -0.3 is 59.8 Å². The third-order valence-corrected chi connectivity index (χ3v) is 17.2. The first-order chi connectivity index (χ1) is 25.9. The monoisotopic (exact) mass is 794 g/mol. The Labute approximate surface area is 329 Å². The number of hydrogen-bond acceptors (Lipinski definition) is 12. The van der Waals surface area contributed by atoms with Gasteiger partial charge in [0.1, 0.15) is 42.0 Å². The molecule has 7 aliphatic rings. The zero-order valence-electron chi connectivity index (χ0n) is 34.1. The fraction of sp³-hybridized carbons (Fsp3) is 0.905. The Morgan fingerprint density at radius 2 is 1.38 bits per heavy atom. The van der Waals surface area contributed by atoms with Gasteiger partial charge in [0.2, 0.25) is 0 Å². The minimum atomic E-state index is -1.83. The van der Waals surface area contributed by atoms with Gasteiger partial charge in [-0.25, -0.2) is 4.79 Å². The maximum atomic E-state index is 13.1. The molecule has 0 aromatic rings. The number of carbonyl (C=O) groups is 2. The molecule has 2 saturated heterocycles. The van der Waals surface area contributed by atoms with E-state index in [0.717, 1.165) is 38.5 Å². The number of rotatable bonds is 6. The summed E-state index contributed by atoms with van der Waals surface area (Å²) in [5, 5.41) is 86.2. The summed E-state index contributed by atoms with van der Waals surface area (Å²) < 4.78 is 23.5. The largest absolute Gasteiger partial charge is 0.481 e. The van der Waals surface area contributed by atoms with Gasteiger partial charge in [0.15, 0.2) is 18.7 Å². The van der Waals surface area contributed by atoms with E-state index in [2.05, 4.69) is 54.5 Å². The molecule has 2 heterocycles. The molecule has 8 N–H and O–H groups in total. The van der Waals surface area contributed by atoms with Gasteiger partial charge in [-0.1, -0.05) is 60.1 Å². The van der Waals surface area contributed by atoms with Crippen LogP contribution in [0.15, 0.2) is 11.6 Å². The third kappa shape index (κ3) is 6.01. The smallest absolute Gasteiger partial charge is 0.335 e. The summed E-state index contributed by atoms with van der Waals surface area (Å²) in [5.74, 6) is -2.24. The molecule has 7 rings (SSSR count). The maximum absolute atomic E-state index is 13.1. The van der Waals surface area contributed by atoms with Crippen molar-refractivity contribution in [1.82, 2.24) is 0 Å². The SMILES string of the molecule is C[C@H]1OC(O[C@@H]2C(C(=O)O)O[C@@H](O[C@H]3CC[C@@]4(C)C(CC[C@]5(C)C4CC=C4[C@@H]6CC(C)(C)CC[C@]6(C(=O)O)[C@H](O)C[C@]45C)C3(C)C)[C@@H](O)C2O)[C@@H](O)[C@@H](O)[C@@H]1O. The van der Waals surface area contributed by atoms with Crippen LogP contribution in [0.1, 0.15) is 113 Å². The van der Waals surface area contributed by atoms with Crippen LogP contribution in [0.2, 0.25) is 0 Å². The van der Waals surface area contributed by atoms with Crippen molar-refractivity contribution in [2.75, 3.05) is 0 Å². The lowest BCUT2D eigenvalue weighted by Gasteiger charge is -2.71. The summed E-state index contributed by atoms with van der Waals surface area (Å²) in [7, 11) is 0. The number of carboxylic acid groups (broad SMARTS) is 2. The van der Waals surface area contributed by atoms with Gasteiger partial charge in [-0.15, -0.1) is 0 Å². The van der Waals surface area contributed by atoms with Crippen LogP contribution in [0.25, 0.3) is 0 Å². The number of aliphatic hydroxyl groups is 6. The van der Waals surface area contributed by atoms with Crippen LogP contribution in [-0.4, -0.2) is 126 Å². The van der Waals surface area contributed by atoms with Gasteiger partial charge >= 0.3 is 11.9 Å². The van der Waals surface area contributed by atoms with E-state index in [9.17, 15) is 50.4 Å². The molecule has 318 valence electrons. The second kappa shape index (κ2) is 13.9. The summed E-state index contributed by atoms with van der Waals surface area (Å²) in [6.45, 7) is 17.1. The topological polar surface area (TPSA) is 233 Å². The molecule has 56 heavy (non-hydrogen) atoms. The van der Waals surface area contributed by atoms with E-state index in [1.165, 1.54) is 12.5 Å². The van der Waals surface area contributed by atoms with Crippen molar-refractivity contribution in [3.05, 3.63) is 11.6 Å². The summed E-state index contributed by atoms with van der Waals surface area (Å²) in [5.41, 5.74) is -1.24. The highest BCUT2D eigenvalue weighted by Crippen LogP contribution is 2.76. The van der Waals surface area contributed by atoms with Gasteiger partial charge in [0, 0.05) is 0 Å². The van der Waals surface area contributed by atoms with Crippen molar-refractivity contribution in [1.29, 1.82) is 0 Å². The zero-order valence-corrected chi connectivity index (χ0v) is 34.1. The van der Waals surface area contributed by atoms with Crippen molar-refractivity contribution < 1.29 is 69.4 Å². The van der Waals surface area contributed by atoms with Gasteiger partial charge in [0.05, 0.1) is 18.3 Å². The molecule has 4 saturated carbocycles. The molecular weight excluding hydrogens is 728 g/mol. The first kappa shape index (κ1) is 42.4. The molecule has 0 bridgehead atoms. The molecule has 2 aliphatic heterocycles. The molecule has 5 unspecified atom stereocenters. The van der Waals surface area contributed by atoms with E-state index < -0.39 is 102 Å². The fourth-order valence-electron chi connectivity index (χ4n) is 13.7. The van der Waals surface area contributed by atoms with E-state index >= 15 is 0 Å². The van der Waals surface area contributed by atoms with Crippen LogP contribution in [0.3, 0.4) is 0 Å². The molecule has 5 aliphatic carbocycles. The Morgan fingerprint density at radius 1 is 0.732 bits per heavy atom. The zero-order chi connectivity index (χ0) is 41.3. The van der Waals surface area contributed by atoms with Gasteiger partial charge in [-0.2, -0.15) is 0 Å². The van der Waals surface area contributed by atoms with E-state index in [1.54, 1.807) is 0 Å². The third-order valence-electron chi connectivity index (χ3n) is 17.2. The molecule has 0 aromatic heterocycles. The standard InChI is InChI=1S/C42H66O14/c1-19-26(44)27(45)29(47)34(53-19)55-31-28(46)30(48)35(56-32(31)33(49)50)54-25-12-13-39(6)22(38(25,4)5)11-14-40(7)23(39)10-9-20-21-17-37(2,3)15-16-42(21,36(51)52)24(43)18-41(20,40)8/h9,19,21-32,34-35,43-48H,10-18H2,1-8H3,(H,49,50)(H,51,52)/t19-,21+,22?,23?,24-,25+,26-,27+,28?,29+,30+,31+,32?,34?,35-,39+,40-,41-,42-/m1/s1. The van der Waals surface area contributed by atoms with Crippen molar-refractivity contribution >= 4 is 11.9 Å². The molecular formula is C42H66O14. The van der Waals surface area contributed by atoms with Gasteiger partial charge in [-0.05, 0) is 110 Å². The average molecular weight is 795 g/mol. The van der Waals surface area contributed by atoms with E-state index in [1.807, 2.05) is 0 Å². The minimum Gasteiger partial charge on any atom is -0.481 e. The number of allylic oxidation sites excluding steroid dienone is 2. The molecule has 0 amide bonds. The normalized spacial score (nSPS) is 53.7. The maximum Gasteiger partial charge on any atom is 0.335 e. The van der Waals surface area contributed by atoms with Gasteiger partial charge in [0.25, 0.3) is 0 Å². The van der Waals surface area contributed by atoms with E-state index in [4.69, 9.17) is 18.9 Å². The lowest BCUT2D eigenvalue weighted by molar-refractivity contribution is -0.361. The number of fused-ring (bicyclic) bond motifs is 7. The van der Waals surface area contributed by atoms with Crippen LogP contribution < -0.4 is 0 Å². The fourth-order valence-corrected chi connectivity index (χ4v) is 13.7. The first-order valence-corrected chi connectivity index (χ1v) is 20.7. The molecule has 6 fully saturated rings. The molecule has 0 spiro atoms. The summed E-state index contributed by atoms with van der Waals surface area (Å²) >= 11 is 0. The highest BCUT2D eigenvalue weighted by Gasteiger charge is 2.71. The average Bonchev–Trinajstić information content (AvgIpc) is 3.10. The summed E-state index contributed by atoms with van der Waals surface area (Å²) in [6, 6.07) is 0. The highest BCUT2D eigenvalue weighted by molar-refractivity contribution is 5.77.